The standard InChI is InChI=1S/C15H28F3NO2/c1-4-5-6-7-8-9-12(13(19)15(16,17)18)14(20)21-10-11(2)3/h11-13H,4-10,19H2,1-3H3/t12-,13-/m0/s1. The SMILES string of the molecule is CCCCCCC[C@H](C(=O)OCC(C)C)[C@H](N)C(F)(F)F. The van der Waals surface area contributed by atoms with Crippen LogP contribution in [0.3, 0.4) is 0 Å². The second kappa shape index (κ2) is 10.0. The first-order valence-corrected chi connectivity index (χ1v) is 7.69. The molecule has 0 aromatic heterocycles. The van der Waals surface area contributed by atoms with Crippen LogP contribution >= 0.6 is 0 Å². The van der Waals surface area contributed by atoms with Crippen molar-refractivity contribution >= 4 is 5.97 Å². The number of rotatable bonds is 10. The lowest BCUT2D eigenvalue weighted by atomic mass is 9.93. The summed E-state index contributed by atoms with van der Waals surface area (Å²) in [6.45, 7) is 5.84. The van der Waals surface area contributed by atoms with E-state index in [4.69, 9.17) is 10.5 Å². The van der Waals surface area contributed by atoms with Gasteiger partial charge in [-0.1, -0.05) is 52.9 Å². The molecule has 0 heterocycles. The average molecular weight is 311 g/mol. The Hall–Kier alpha value is -0.780. The van der Waals surface area contributed by atoms with E-state index in [0.29, 0.717) is 6.42 Å². The topological polar surface area (TPSA) is 52.3 Å². The molecule has 0 rings (SSSR count). The number of hydrogen-bond donors (Lipinski definition) is 1. The summed E-state index contributed by atoms with van der Waals surface area (Å²) < 4.78 is 43.2. The van der Waals surface area contributed by atoms with Gasteiger partial charge >= 0.3 is 12.1 Å². The Balaban J connectivity index is 4.51. The van der Waals surface area contributed by atoms with Gasteiger partial charge in [0, 0.05) is 0 Å². The third-order valence-corrected chi connectivity index (χ3v) is 3.29. The van der Waals surface area contributed by atoms with Gasteiger partial charge in [-0.2, -0.15) is 13.2 Å². The number of esters is 1. The molecule has 0 aliphatic rings. The molecule has 0 fully saturated rings. The number of unbranched alkanes of at least 4 members (excludes halogenated alkanes) is 4. The Bertz CT molecular complexity index is 293. The largest absolute Gasteiger partial charge is 0.465 e. The molecular formula is C15H28F3NO2. The van der Waals surface area contributed by atoms with Gasteiger partial charge in [-0.05, 0) is 12.3 Å². The monoisotopic (exact) mass is 311 g/mol. The first-order valence-electron chi connectivity index (χ1n) is 7.69. The highest BCUT2D eigenvalue weighted by Gasteiger charge is 2.45. The van der Waals surface area contributed by atoms with Crippen molar-refractivity contribution in [1.29, 1.82) is 0 Å². The van der Waals surface area contributed by atoms with Crippen LogP contribution in [0.5, 0.6) is 0 Å². The number of ether oxygens (including phenoxy) is 1. The second-order valence-electron chi connectivity index (χ2n) is 5.90. The molecule has 21 heavy (non-hydrogen) atoms. The second-order valence-corrected chi connectivity index (χ2v) is 5.90. The molecule has 6 heteroatoms. The Labute approximate surface area is 125 Å². The third kappa shape index (κ3) is 8.96. The van der Waals surface area contributed by atoms with E-state index < -0.39 is 24.1 Å². The maximum atomic E-state index is 12.8. The van der Waals surface area contributed by atoms with Crippen molar-refractivity contribution in [1.82, 2.24) is 0 Å². The normalized spacial score (nSPS) is 15.0. The fraction of sp³-hybridized carbons (Fsp3) is 0.933. The molecule has 0 bridgehead atoms. The molecule has 0 aromatic rings. The minimum atomic E-state index is -4.58. The minimum Gasteiger partial charge on any atom is -0.465 e. The van der Waals surface area contributed by atoms with Crippen LogP contribution in [0, 0.1) is 11.8 Å². The van der Waals surface area contributed by atoms with Crippen molar-refractivity contribution in [2.75, 3.05) is 6.61 Å². The van der Waals surface area contributed by atoms with Gasteiger partial charge in [-0.15, -0.1) is 0 Å². The van der Waals surface area contributed by atoms with Crippen molar-refractivity contribution in [3.8, 4) is 0 Å². The molecule has 0 aromatic carbocycles. The van der Waals surface area contributed by atoms with Crippen molar-refractivity contribution in [3.63, 3.8) is 0 Å². The summed E-state index contributed by atoms with van der Waals surface area (Å²) >= 11 is 0. The highest BCUT2D eigenvalue weighted by molar-refractivity contribution is 5.73. The van der Waals surface area contributed by atoms with Crippen LogP contribution in [0.4, 0.5) is 13.2 Å². The lowest BCUT2D eigenvalue weighted by molar-refractivity contribution is -0.177. The van der Waals surface area contributed by atoms with E-state index in [-0.39, 0.29) is 18.9 Å². The number of alkyl halides is 3. The smallest absolute Gasteiger partial charge is 0.404 e. The van der Waals surface area contributed by atoms with Crippen molar-refractivity contribution in [3.05, 3.63) is 0 Å². The Morgan fingerprint density at radius 3 is 2.19 bits per heavy atom. The Kier molecular flexibility index (Phi) is 9.66. The zero-order valence-electron chi connectivity index (χ0n) is 13.2. The number of carbonyl (C=O) groups excluding carboxylic acids is 1. The van der Waals surface area contributed by atoms with Crippen LogP contribution < -0.4 is 5.73 Å². The van der Waals surface area contributed by atoms with Gasteiger partial charge in [-0.3, -0.25) is 4.79 Å². The Morgan fingerprint density at radius 2 is 1.71 bits per heavy atom. The van der Waals surface area contributed by atoms with E-state index in [9.17, 15) is 18.0 Å². The molecule has 2 atom stereocenters. The van der Waals surface area contributed by atoms with Crippen LogP contribution in [-0.4, -0.2) is 24.8 Å². The molecule has 0 aliphatic heterocycles. The molecular weight excluding hydrogens is 283 g/mol. The fourth-order valence-electron chi connectivity index (χ4n) is 2.00. The summed E-state index contributed by atoms with van der Waals surface area (Å²) in [6, 6.07) is -2.15. The Morgan fingerprint density at radius 1 is 1.14 bits per heavy atom. The van der Waals surface area contributed by atoms with Crippen LogP contribution in [0.15, 0.2) is 0 Å². The van der Waals surface area contributed by atoms with Gasteiger partial charge in [-0.25, -0.2) is 0 Å². The molecule has 0 amide bonds. The maximum absolute atomic E-state index is 12.8. The van der Waals surface area contributed by atoms with Crippen molar-refractivity contribution in [2.45, 2.75) is 71.5 Å². The quantitative estimate of drug-likeness (QED) is 0.489. The predicted molar refractivity (Wildman–Crippen MR) is 76.7 cm³/mol. The van der Waals surface area contributed by atoms with E-state index in [1.807, 2.05) is 13.8 Å². The highest BCUT2D eigenvalue weighted by Crippen LogP contribution is 2.28. The van der Waals surface area contributed by atoms with Gasteiger partial charge in [0.1, 0.15) is 6.04 Å². The minimum absolute atomic E-state index is 0.0845. The van der Waals surface area contributed by atoms with Crippen LogP contribution in [0.2, 0.25) is 0 Å². The predicted octanol–water partition coefficient (Wildman–Crippen LogP) is 4.05. The lowest BCUT2D eigenvalue weighted by Crippen LogP contribution is -2.47. The number of halogens is 3. The molecule has 0 spiro atoms. The van der Waals surface area contributed by atoms with Crippen molar-refractivity contribution in [2.24, 2.45) is 17.6 Å². The average Bonchev–Trinajstić information content (AvgIpc) is 2.38. The van der Waals surface area contributed by atoms with Gasteiger partial charge in [0.05, 0.1) is 12.5 Å². The molecule has 0 aliphatic carbocycles. The van der Waals surface area contributed by atoms with Gasteiger partial charge < -0.3 is 10.5 Å². The summed E-state index contributed by atoms with van der Waals surface area (Å²) in [5.74, 6) is -2.05. The molecule has 2 N–H and O–H groups in total. The van der Waals surface area contributed by atoms with Gasteiger partial charge in [0.15, 0.2) is 0 Å². The summed E-state index contributed by atoms with van der Waals surface area (Å²) in [6.07, 6.45) is -0.00884. The zero-order chi connectivity index (χ0) is 16.5. The summed E-state index contributed by atoms with van der Waals surface area (Å²) in [7, 11) is 0. The zero-order valence-corrected chi connectivity index (χ0v) is 13.2. The molecule has 0 radical (unpaired) electrons. The molecule has 126 valence electrons. The van der Waals surface area contributed by atoms with E-state index in [1.165, 1.54) is 0 Å². The van der Waals surface area contributed by atoms with Gasteiger partial charge in [0.25, 0.3) is 0 Å². The van der Waals surface area contributed by atoms with E-state index in [0.717, 1.165) is 25.7 Å². The maximum Gasteiger partial charge on any atom is 0.404 e. The molecule has 0 saturated heterocycles. The number of carbonyl (C=O) groups is 1. The lowest BCUT2D eigenvalue weighted by Gasteiger charge is -2.24. The van der Waals surface area contributed by atoms with Crippen LogP contribution in [0.1, 0.15) is 59.3 Å². The first kappa shape index (κ1) is 20.2. The molecule has 0 unspecified atom stereocenters. The summed E-state index contributed by atoms with van der Waals surface area (Å²) in [4.78, 5) is 11.9. The highest BCUT2D eigenvalue weighted by atomic mass is 19.4. The molecule has 3 nitrogen and oxygen atoms in total. The molecule has 0 saturated carbocycles. The summed E-state index contributed by atoms with van der Waals surface area (Å²) in [5, 5.41) is 0. The van der Waals surface area contributed by atoms with Gasteiger partial charge in [0.2, 0.25) is 0 Å². The third-order valence-electron chi connectivity index (χ3n) is 3.29. The van der Waals surface area contributed by atoms with Crippen LogP contribution in [-0.2, 0) is 9.53 Å². The van der Waals surface area contributed by atoms with E-state index >= 15 is 0 Å². The van der Waals surface area contributed by atoms with Crippen LogP contribution in [0.25, 0.3) is 0 Å². The van der Waals surface area contributed by atoms with E-state index in [1.54, 1.807) is 0 Å². The number of nitrogens with two attached hydrogens (primary N) is 1. The van der Waals surface area contributed by atoms with E-state index in [2.05, 4.69) is 6.92 Å². The van der Waals surface area contributed by atoms with Crippen molar-refractivity contribution < 1.29 is 22.7 Å². The number of hydrogen-bond acceptors (Lipinski definition) is 3. The first-order chi connectivity index (χ1) is 9.70. The summed E-state index contributed by atoms with van der Waals surface area (Å²) in [5.41, 5.74) is 5.22. The fourth-order valence-corrected chi connectivity index (χ4v) is 2.00.